The first-order valence-electron chi connectivity index (χ1n) is 11.6. The number of hydrogen-bond acceptors (Lipinski definition) is 5. The maximum Gasteiger partial charge on any atom is 0.287 e. The van der Waals surface area contributed by atoms with Gasteiger partial charge in [0.2, 0.25) is 0 Å². The molecule has 1 amide bonds. The molecule has 1 N–H and O–H groups in total. The van der Waals surface area contributed by atoms with Gasteiger partial charge in [0.15, 0.2) is 5.76 Å². The van der Waals surface area contributed by atoms with Crippen molar-refractivity contribution < 1.29 is 9.21 Å². The number of nitrogens with zero attached hydrogens (tertiary/aromatic N) is 3. The molecule has 1 aliphatic rings. The lowest BCUT2D eigenvalue weighted by molar-refractivity contribution is 0.0913. The number of nitrogens with one attached hydrogen (secondary N) is 1. The number of thioether (sulfide) groups is 1. The van der Waals surface area contributed by atoms with Crippen LogP contribution in [0.1, 0.15) is 66.8 Å². The van der Waals surface area contributed by atoms with E-state index in [1.807, 2.05) is 61.2 Å². The van der Waals surface area contributed by atoms with Crippen LogP contribution < -0.4 is 5.32 Å². The Labute approximate surface area is 197 Å². The molecule has 1 fully saturated rings. The summed E-state index contributed by atoms with van der Waals surface area (Å²) in [6, 6.07) is 15.7. The standard InChI is InChI=1S/C26H28N4O2S/c1-18(19-11-13-20(14-12-19)30-17-27-16-28-30)29-26(31)25-23(15-33-21-7-3-2-4-8-21)22-9-5-6-10-24(22)32-25/h5-6,9-14,16-18,21H,2-4,7-8,15H2,1H3,(H,29,31). The third-order valence-corrected chi connectivity index (χ3v) is 7.74. The third-order valence-electron chi connectivity index (χ3n) is 6.34. The second-order valence-corrected chi connectivity index (χ2v) is 9.89. The summed E-state index contributed by atoms with van der Waals surface area (Å²) in [7, 11) is 0. The highest BCUT2D eigenvalue weighted by Crippen LogP contribution is 2.35. The minimum atomic E-state index is -0.168. The first-order valence-corrected chi connectivity index (χ1v) is 12.6. The molecule has 1 atom stereocenters. The maximum absolute atomic E-state index is 13.3. The van der Waals surface area contributed by atoms with Gasteiger partial charge in [-0.2, -0.15) is 16.9 Å². The predicted molar refractivity (Wildman–Crippen MR) is 132 cm³/mol. The Kier molecular flexibility index (Phi) is 6.48. The molecule has 1 saturated carbocycles. The van der Waals surface area contributed by atoms with Gasteiger partial charge in [-0.15, -0.1) is 0 Å². The smallest absolute Gasteiger partial charge is 0.287 e. The lowest BCUT2D eigenvalue weighted by Crippen LogP contribution is -2.27. The summed E-state index contributed by atoms with van der Waals surface area (Å²) < 4.78 is 7.77. The number of hydrogen-bond donors (Lipinski definition) is 1. The van der Waals surface area contributed by atoms with E-state index in [4.69, 9.17) is 4.42 Å². The summed E-state index contributed by atoms with van der Waals surface area (Å²) in [5.41, 5.74) is 3.72. The Balaban J connectivity index is 1.33. The van der Waals surface area contributed by atoms with E-state index in [1.165, 1.54) is 38.4 Å². The average Bonchev–Trinajstić information content (AvgIpc) is 3.52. The van der Waals surface area contributed by atoms with Crippen molar-refractivity contribution in [1.82, 2.24) is 20.1 Å². The molecule has 0 bridgehead atoms. The van der Waals surface area contributed by atoms with Crippen LogP contribution in [0.4, 0.5) is 0 Å². The van der Waals surface area contributed by atoms with Crippen LogP contribution in [-0.4, -0.2) is 25.9 Å². The van der Waals surface area contributed by atoms with Gasteiger partial charge in [-0.25, -0.2) is 9.67 Å². The van der Waals surface area contributed by atoms with E-state index in [0.29, 0.717) is 11.0 Å². The first-order chi connectivity index (χ1) is 16.2. The summed E-state index contributed by atoms with van der Waals surface area (Å²) in [4.78, 5) is 17.3. The van der Waals surface area contributed by atoms with E-state index < -0.39 is 0 Å². The van der Waals surface area contributed by atoms with Crippen molar-refractivity contribution >= 4 is 28.6 Å². The van der Waals surface area contributed by atoms with Gasteiger partial charge in [0.25, 0.3) is 5.91 Å². The number of carbonyl (C=O) groups is 1. The average molecular weight is 461 g/mol. The number of furan rings is 1. The normalized spacial score (nSPS) is 15.5. The van der Waals surface area contributed by atoms with Crippen LogP contribution in [0.2, 0.25) is 0 Å². The number of rotatable bonds is 7. The molecule has 2 aromatic heterocycles. The highest BCUT2D eigenvalue weighted by Gasteiger charge is 2.23. The summed E-state index contributed by atoms with van der Waals surface area (Å²) in [6.45, 7) is 1.99. The van der Waals surface area contributed by atoms with Crippen molar-refractivity contribution in [2.24, 2.45) is 0 Å². The highest BCUT2D eigenvalue weighted by molar-refractivity contribution is 7.99. The van der Waals surface area contributed by atoms with Crippen LogP contribution in [0.25, 0.3) is 16.7 Å². The largest absolute Gasteiger partial charge is 0.451 e. The van der Waals surface area contributed by atoms with Gasteiger partial charge in [0.1, 0.15) is 18.2 Å². The van der Waals surface area contributed by atoms with Crippen molar-refractivity contribution in [2.45, 2.75) is 56.1 Å². The molecule has 0 radical (unpaired) electrons. The fourth-order valence-electron chi connectivity index (χ4n) is 4.46. The molecule has 33 heavy (non-hydrogen) atoms. The van der Waals surface area contributed by atoms with Crippen LogP contribution in [-0.2, 0) is 5.75 Å². The minimum absolute atomic E-state index is 0.158. The molecule has 4 aromatic rings. The fourth-order valence-corrected chi connectivity index (χ4v) is 5.82. The maximum atomic E-state index is 13.3. The lowest BCUT2D eigenvalue weighted by atomic mass is 10.0. The number of para-hydroxylation sites is 1. The lowest BCUT2D eigenvalue weighted by Gasteiger charge is -2.21. The van der Waals surface area contributed by atoms with Gasteiger partial charge in [-0.3, -0.25) is 4.79 Å². The van der Waals surface area contributed by atoms with Crippen LogP contribution in [0.15, 0.2) is 65.6 Å². The number of amides is 1. The molecule has 1 unspecified atom stereocenters. The monoisotopic (exact) mass is 460 g/mol. The molecule has 5 rings (SSSR count). The molecule has 7 heteroatoms. The molecule has 0 spiro atoms. The van der Waals surface area contributed by atoms with E-state index in [2.05, 4.69) is 21.5 Å². The predicted octanol–water partition coefficient (Wildman–Crippen LogP) is 6.07. The summed E-state index contributed by atoms with van der Waals surface area (Å²) >= 11 is 1.96. The Hall–Kier alpha value is -3.06. The molecule has 0 saturated heterocycles. The van der Waals surface area contributed by atoms with Gasteiger partial charge in [0, 0.05) is 22.0 Å². The molecule has 6 nitrogen and oxygen atoms in total. The van der Waals surface area contributed by atoms with Crippen molar-refractivity contribution in [2.75, 3.05) is 0 Å². The van der Waals surface area contributed by atoms with Gasteiger partial charge in [-0.05, 0) is 43.5 Å². The van der Waals surface area contributed by atoms with Crippen molar-refractivity contribution in [3.05, 3.63) is 78.1 Å². The molecular formula is C26H28N4O2S. The van der Waals surface area contributed by atoms with Gasteiger partial charge < -0.3 is 9.73 Å². The van der Waals surface area contributed by atoms with E-state index in [-0.39, 0.29) is 11.9 Å². The molecule has 1 aliphatic carbocycles. The van der Waals surface area contributed by atoms with E-state index in [0.717, 1.165) is 33.5 Å². The topological polar surface area (TPSA) is 73.0 Å². The second-order valence-electron chi connectivity index (χ2n) is 8.60. The minimum Gasteiger partial charge on any atom is -0.451 e. The zero-order valence-electron chi connectivity index (χ0n) is 18.7. The molecule has 2 heterocycles. The molecule has 170 valence electrons. The molecule has 2 aromatic carbocycles. The van der Waals surface area contributed by atoms with Crippen LogP contribution >= 0.6 is 11.8 Å². The number of benzene rings is 2. The number of fused-ring (bicyclic) bond motifs is 1. The Morgan fingerprint density at radius 3 is 2.70 bits per heavy atom. The summed E-state index contributed by atoms with van der Waals surface area (Å²) in [6.07, 6.45) is 9.67. The van der Waals surface area contributed by atoms with Crippen molar-refractivity contribution in [3.63, 3.8) is 0 Å². The van der Waals surface area contributed by atoms with E-state index in [9.17, 15) is 4.79 Å². The first kappa shape index (κ1) is 21.8. The fraction of sp³-hybridized carbons (Fsp3) is 0.346. The van der Waals surface area contributed by atoms with E-state index in [1.54, 1.807) is 11.0 Å². The quantitative estimate of drug-likeness (QED) is 0.362. The van der Waals surface area contributed by atoms with Crippen LogP contribution in [0.3, 0.4) is 0 Å². The highest BCUT2D eigenvalue weighted by atomic mass is 32.2. The summed E-state index contributed by atoms with van der Waals surface area (Å²) in [5.74, 6) is 1.06. The van der Waals surface area contributed by atoms with E-state index >= 15 is 0 Å². The van der Waals surface area contributed by atoms with Gasteiger partial charge in [0.05, 0.1) is 11.7 Å². The van der Waals surface area contributed by atoms with Crippen LogP contribution in [0, 0.1) is 0 Å². The van der Waals surface area contributed by atoms with Crippen LogP contribution in [0.5, 0.6) is 0 Å². The number of aromatic nitrogens is 3. The molecular weight excluding hydrogens is 432 g/mol. The second kappa shape index (κ2) is 9.83. The Morgan fingerprint density at radius 1 is 1.15 bits per heavy atom. The SMILES string of the molecule is CC(NC(=O)c1oc2ccccc2c1CSC1CCCCC1)c1ccc(-n2cncn2)cc1. The Morgan fingerprint density at radius 2 is 1.94 bits per heavy atom. The summed E-state index contributed by atoms with van der Waals surface area (Å²) in [5, 5.41) is 8.99. The van der Waals surface area contributed by atoms with Crippen molar-refractivity contribution in [3.8, 4) is 5.69 Å². The van der Waals surface area contributed by atoms with Crippen molar-refractivity contribution in [1.29, 1.82) is 0 Å². The number of carbonyl (C=O) groups excluding carboxylic acids is 1. The van der Waals surface area contributed by atoms with Gasteiger partial charge >= 0.3 is 0 Å². The van der Waals surface area contributed by atoms with Gasteiger partial charge in [-0.1, -0.05) is 49.6 Å². The Bertz CT molecular complexity index is 1210. The zero-order valence-corrected chi connectivity index (χ0v) is 19.6. The third kappa shape index (κ3) is 4.83. The molecule has 0 aliphatic heterocycles. The zero-order chi connectivity index (χ0) is 22.6.